The topological polar surface area (TPSA) is 68.3 Å². The van der Waals surface area contributed by atoms with Crippen molar-refractivity contribution in [3.8, 4) is 0 Å². The van der Waals surface area contributed by atoms with Gasteiger partial charge in [-0.25, -0.2) is 0 Å². The van der Waals surface area contributed by atoms with Gasteiger partial charge in [0.25, 0.3) is 5.69 Å². The van der Waals surface area contributed by atoms with E-state index in [2.05, 4.69) is 0 Å². The molecule has 0 aliphatic heterocycles. The van der Waals surface area contributed by atoms with Gasteiger partial charge < -0.3 is 9.67 Å². The van der Waals surface area contributed by atoms with Crippen molar-refractivity contribution in [3.63, 3.8) is 0 Å². The molecule has 90 valence electrons. The molecule has 0 spiro atoms. The number of non-ortho nitro benzene ring substituents is 1. The normalized spacial score (nSPS) is 12.8. The van der Waals surface area contributed by atoms with Gasteiger partial charge in [0.15, 0.2) is 0 Å². The lowest BCUT2D eigenvalue weighted by molar-refractivity contribution is -0.383. The van der Waals surface area contributed by atoms with E-state index in [1.54, 1.807) is 13.0 Å². The van der Waals surface area contributed by atoms with Gasteiger partial charge in [-0.15, -0.1) is 0 Å². The Hall–Kier alpha value is -1.88. The lowest BCUT2D eigenvalue weighted by Crippen LogP contribution is -2.06. The largest absolute Gasteiger partial charge is 0.393 e. The molecule has 0 saturated heterocycles. The van der Waals surface area contributed by atoms with Crippen LogP contribution in [0.4, 0.5) is 5.69 Å². The number of fused-ring (bicyclic) bond motifs is 1. The Balaban J connectivity index is 2.46. The molecule has 1 aromatic carbocycles. The van der Waals surface area contributed by atoms with Gasteiger partial charge >= 0.3 is 0 Å². The number of benzene rings is 1. The van der Waals surface area contributed by atoms with Gasteiger partial charge in [0, 0.05) is 24.2 Å². The first-order chi connectivity index (χ1) is 8.09. The number of nitro groups is 1. The third kappa shape index (κ3) is 2.29. The van der Waals surface area contributed by atoms with Crippen molar-refractivity contribution in [2.45, 2.75) is 26.0 Å². The second-order valence-electron chi connectivity index (χ2n) is 4.12. The van der Waals surface area contributed by atoms with Gasteiger partial charge in [0.2, 0.25) is 0 Å². The number of rotatable bonds is 4. The molecule has 1 heterocycles. The fourth-order valence-corrected chi connectivity index (χ4v) is 1.90. The van der Waals surface area contributed by atoms with Crippen LogP contribution in [0.15, 0.2) is 30.5 Å². The van der Waals surface area contributed by atoms with Crippen LogP contribution in [0.5, 0.6) is 0 Å². The van der Waals surface area contributed by atoms with Crippen LogP contribution in [0.2, 0.25) is 0 Å². The van der Waals surface area contributed by atoms with E-state index >= 15 is 0 Å². The maximum absolute atomic E-state index is 10.9. The monoisotopic (exact) mass is 234 g/mol. The van der Waals surface area contributed by atoms with Gasteiger partial charge in [0.05, 0.1) is 11.0 Å². The highest BCUT2D eigenvalue weighted by Gasteiger charge is 2.15. The third-order valence-electron chi connectivity index (χ3n) is 2.75. The first kappa shape index (κ1) is 11.6. The highest BCUT2D eigenvalue weighted by molar-refractivity contribution is 5.88. The number of nitro benzene ring substituents is 1. The van der Waals surface area contributed by atoms with E-state index in [1.165, 1.54) is 6.07 Å². The molecule has 1 atom stereocenters. The summed E-state index contributed by atoms with van der Waals surface area (Å²) >= 11 is 0. The predicted octanol–water partition coefficient (Wildman–Crippen LogP) is 2.32. The summed E-state index contributed by atoms with van der Waals surface area (Å²) in [6.07, 6.45) is 1.99. The fourth-order valence-electron chi connectivity index (χ4n) is 1.90. The van der Waals surface area contributed by atoms with E-state index in [0.717, 1.165) is 5.39 Å². The van der Waals surface area contributed by atoms with Crippen molar-refractivity contribution in [1.82, 2.24) is 4.57 Å². The maximum atomic E-state index is 10.9. The van der Waals surface area contributed by atoms with Crippen LogP contribution < -0.4 is 0 Å². The average molecular weight is 234 g/mol. The highest BCUT2D eigenvalue weighted by Crippen LogP contribution is 2.26. The Morgan fingerprint density at radius 2 is 2.24 bits per heavy atom. The SMILES string of the molecule is CC(O)CCn1ccc2cccc([N+](=O)[O-])c21. The van der Waals surface area contributed by atoms with Crippen LogP contribution in [0, 0.1) is 10.1 Å². The van der Waals surface area contributed by atoms with E-state index < -0.39 is 6.10 Å². The molecule has 17 heavy (non-hydrogen) atoms. The number of aromatic nitrogens is 1. The summed E-state index contributed by atoms with van der Waals surface area (Å²) in [5.41, 5.74) is 0.733. The lowest BCUT2D eigenvalue weighted by Gasteiger charge is -2.07. The molecule has 5 nitrogen and oxygen atoms in total. The Labute approximate surface area is 98.4 Å². The number of hydrogen-bond acceptors (Lipinski definition) is 3. The standard InChI is InChI=1S/C12H14N2O3/c1-9(15)5-7-13-8-6-10-3-2-4-11(12(10)13)14(16)17/h2-4,6,8-9,15H,5,7H2,1H3. The summed E-state index contributed by atoms with van der Waals surface area (Å²) in [6.45, 7) is 2.28. The van der Waals surface area contributed by atoms with Gasteiger partial charge in [-0.05, 0) is 19.4 Å². The second-order valence-corrected chi connectivity index (χ2v) is 4.12. The highest BCUT2D eigenvalue weighted by atomic mass is 16.6. The van der Waals surface area contributed by atoms with Crippen LogP contribution in [0.1, 0.15) is 13.3 Å². The van der Waals surface area contributed by atoms with Crippen LogP contribution in [0.25, 0.3) is 10.9 Å². The molecule has 0 bridgehead atoms. The molecule has 2 rings (SSSR count). The van der Waals surface area contributed by atoms with E-state index in [4.69, 9.17) is 0 Å². The molecule has 0 aliphatic carbocycles. The summed E-state index contributed by atoms with van der Waals surface area (Å²) in [6, 6.07) is 6.88. The zero-order chi connectivity index (χ0) is 12.4. The number of aliphatic hydroxyl groups excluding tert-OH is 1. The summed E-state index contributed by atoms with van der Waals surface area (Å²) in [5, 5.41) is 21.1. The summed E-state index contributed by atoms with van der Waals surface area (Å²) < 4.78 is 1.82. The minimum absolute atomic E-state index is 0.109. The number of hydrogen-bond donors (Lipinski definition) is 1. The molecule has 2 aromatic rings. The summed E-state index contributed by atoms with van der Waals surface area (Å²) in [4.78, 5) is 10.6. The smallest absolute Gasteiger partial charge is 0.293 e. The fraction of sp³-hybridized carbons (Fsp3) is 0.333. The number of aliphatic hydroxyl groups is 1. The second kappa shape index (κ2) is 4.55. The van der Waals surface area contributed by atoms with Crippen LogP contribution in [-0.4, -0.2) is 20.7 Å². The van der Waals surface area contributed by atoms with Crippen LogP contribution >= 0.6 is 0 Å². The van der Waals surface area contributed by atoms with Gasteiger partial charge in [0.1, 0.15) is 5.52 Å². The quantitative estimate of drug-likeness (QED) is 0.652. The first-order valence-electron chi connectivity index (χ1n) is 5.50. The Morgan fingerprint density at radius 3 is 2.88 bits per heavy atom. The van der Waals surface area contributed by atoms with E-state index in [0.29, 0.717) is 18.5 Å². The number of nitrogens with zero attached hydrogens (tertiary/aromatic N) is 2. The molecular formula is C12H14N2O3. The zero-order valence-corrected chi connectivity index (χ0v) is 9.54. The molecule has 0 radical (unpaired) electrons. The van der Waals surface area contributed by atoms with E-state index in [-0.39, 0.29) is 10.6 Å². The van der Waals surface area contributed by atoms with Crippen molar-refractivity contribution in [2.24, 2.45) is 0 Å². The van der Waals surface area contributed by atoms with E-state index in [9.17, 15) is 15.2 Å². The number of aryl methyl sites for hydroxylation is 1. The molecule has 0 amide bonds. The van der Waals surface area contributed by atoms with Crippen molar-refractivity contribution < 1.29 is 10.0 Å². The Bertz CT molecular complexity index is 546. The molecule has 0 fully saturated rings. The zero-order valence-electron chi connectivity index (χ0n) is 9.54. The molecule has 1 aromatic heterocycles. The maximum Gasteiger partial charge on any atom is 0.293 e. The Kier molecular flexibility index (Phi) is 3.10. The molecule has 5 heteroatoms. The predicted molar refractivity (Wildman–Crippen MR) is 64.9 cm³/mol. The minimum Gasteiger partial charge on any atom is -0.393 e. The summed E-state index contributed by atoms with van der Waals surface area (Å²) in [7, 11) is 0. The van der Waals surface area contributed by atoms with Gasteiger partial charge in [-0.1, -0.05) is 12.1 Å². The minimum atomic E-state index is -0.407. The molecule has 0 saturated carbocycles. The van der Waals surface area contributed by atoms with E-state index in [1.807, 2.05) is 22.9 Å². The lowest BCUT2D eigenvalue weighted by atomic mass is 10.2. The summed E-state index contributed by atoms with van der Waals surface area (Å²) in [5.74, 6) is 0. The first-order valence-corrected chi connectivity index (χ1v) is 5.50. The van der Waals surface area contributed by atoms with Gasteiger partial charge in [-0.2, -0.15) is 0 Å². The molecule has 1 unspecified atom stereocenters. The molecule has 1 N–H and O–H groups in total. The third-order valence-corrected chi connectivity index (χ3v) is 2.75. The van der Waals surface area contributed by atoms with Gasteiger partial charge in [-0.3, -0.25) is 10.1 Å². The average Bonchev–Trinajstić information content (AvgIpc) is 2.69. The van der Waals surface area contributed by atoms with Crippen molar-refractivity contribution in [2.75, 3.05) is 0 Å². The van der Waals surface area contributed by atoms with Crippen molar-refractivity contribution >= 4 is 16.6 Å². The van der Waals surface area contributed by atoms with Crippen LogP contribution in [0.3, 0.4) is 0 Å². The van der Waals surface area contributed by atoms with Crippen molar-refractivity contribution in [3.05, 3.63) is 40.6 Å². The molecular weight excluding hydrogens is 220 g/mol. The number of para-hydroxylation sites is 1. The van der Waals surface area contributed by atoms with Crippen molar-refractivity contribution in [1.29, 1.82) is 0 Å². The molecule has 0 aliphatic rings. The van der Waals surface area contributed by atoms with Crippen LogP contribution in [-0.2, 0) is 6.54 Å². The Morgan fingerprint density at radius 1 is 1.47 bits per heavy atom.